The van der Waals surface area contributed by atoms with Crippen molar-refractivity contribution in [1.29, 1.82) is 0 Å². The van der Waals surface area contributed by atoms with E-state index in [0.29, 0.717) is 30.5 Å². The average molecular weight is 441 g/mol. The number of aromatic nitrogens is 2. The summed E-state index contributed by atoms with van der Waals surface area (Å²) in [5.74, 6) is -2.06. The molecule has 32 heavy (non-hydrogen) atoms. The summed E-state index contributed by atoms with van der Waals surface area (Å²) < 4.78 is 40.7. The molecular weight excluding hydrogens is 419 g/mol. The Balaban J connectivity index is 1.65. The van der Waals surface area contributed by atoms with Crippen molar-refractivity contribution in [1.82, 2.24) is 10.2 Å². The van der Waals surface area contributed by atoms with Crippen LogP contribution < -0.4 is 5.32 Å². The second-order valence-electron chi connectivity index (χ2n) is 7.95. The molecule has 166 valence electrons. The van der Waals surface area contributed by atoms with Crippen LogP contribution in [0.3, 0.4) is 0 Å². The molecule has 0 fully saturated rings. The molecule has 8 heteroatoms. The number of carbonyl (C=O) groups is 1. The smallest absolute Gasteiger partial charge is 0.306 e. The first-order chi connectivity index (χ1) is 15.3. The first-order valence-corrected chi connectivity index (χ1v) is 10.4. The Bertz CT molecular complexity index is 1200. The van der Waals surface area contributed by atoms with E-state index >= 15 is 0 Å². The third-order valence-corrected chi connectivity index (χ3v) is 5.90. The third-order valence-electron chi connectivity index (χ3n) is 5.90. The minimum Gasteiger partial charge on any atom is -0.481 e. The van der Waals surface area contributed by atoms with Gasteiger partial charge in [0.1, 0.15) is 5.82 Å². The van der Waals surface area contributed by atoms with E-state index < -0.39 is 29.8 Å². The normalized spacial score (nSPS) is 17.3. The molecule has 2 atom stereocenters. The first kappa shape index (κ1) is 21.8. The first-order valence-electron chi connectivity index (χ1n) is 10.4. The van der Waals surface area contributed by atoms with Crippen molar-refractivity contribution in [3.63, 3.8) is 0 Å². The van der Waals surface area contributed by atoms with Gasteiger partial charge in [0.2, 0.25) is 0 Å². The van der Waals surface area contributed by atoms with E-state index in [1.165, 1.54) is 18.3 Å². The number of hydrogen-bond acceptors (Lipinski definition) is 4. The van der Waals surface area contributed by atoms with Crippen LogP contribution >= 0.6 is 0 Å². The van der Waals surface area contributed by atoms with Crippen LogP contribution in [0.15, 0.2) is 48.7 Å². The molecule has 1 aromatic heterocycles. The van der Waals surface area contributed by atoms with Gasteiger partial charge >= 0.3 is 5.97 Å². The summed E-state index contributed by atoms with van der Waals surface area (Å²) in [6, 6.07) is 9.08. The Morgan fingerprint density at radius 1 is 1.22 bits per heavy atom. The van der Waals surface area contributed by atoms with E-state index in [1.807, 2.05) is 24.3 Å². The van der Waals surface area contributed by atoms with Crippen LogP contribution in [-0.2, 0) is 4.79 Å². The molecule has 0 spiro atoms. The Labute approximate surface area is 183 Å². The van der Waals surface area contributed by atoms with Crippen molar-refractivity contribution >= 4 is 28.1 Å². The van der Waals surface area contributed by atoms with Crippen molar-refractivity contribution in [3.05, 3.63) is 71.2 Å². The van der Waals surface area contributed by atoms with Gasteiger partial charge in [-0.2, -0.15) is 10.2 Å². The maximum Gasteiger partial charge on any atom is 0.306 e. The Morgan fingerprint density at radius 2 is 2.00 bits per heavy atom. The minimum absolute atomic E-state index is 0.138. The van der Waals surface area contributed by atoms with Gasteiger partial charge in [0.25, 0.3) is 6.43 Å². The van der Waals surface area contributed by atoms with E-state index in [0.717, 1.165) is 22.6 Å². The summed E-state index contributed by atoms with van der Waals surface area (Å²) in [6.45, 7) is 1.69. The predicted octanol–water partition coefficient (Wildman–Crippen LogP) is 6.15. The maximum atomic E-state index is 14.6. The lowest BCUT2D eigenvalue weighted by atomic mass is 9.86. The van der Waals surface area contributed by atoms with E-state index in [9.17, 15) is 23.1 Å². The zero-order valence-corrected chi connectivity index (χ0v) is 17.4. The van der Waals surface area contributed by atoms with Gasteiger partial charge in [0, 0.05) is 10.9 Å². The summed E-state index contributed by atoms with van der Waals surface area (Å²) in [5, 5.41) is 21.3. The number of nitrogens with one attached hydrogen (secondary N) is 1. The molecule has 1 aliphatic carbocycles. The van der Waals surface area contributed by atoms with Gasteiger partial charge in [-0.05, 0) is 49.5 Å². The van der Waals surface area contributed by atoms with Crippen molar-refractivity contribution in [2.75, 3.05) is 5.32 Å². The zero-order chi connectivity index (χ0) is 22.8. The van der Waals surface area contributed by atoms with Crippen LogP contribution in [-0.4, -0.2) is 21.3 Å². The average Bonchev–Trinajstić information content (AvgIpc) is 2.79. The second kappa shape index (κ2) is 8.98. The molecule has 0 radical (unpaired) electrons. The van der Waals surface area contributed by atoms with E-state index in [1.54, 1.807) is 6.92 Å². The molecule has 4 rings (SSSR count). The van der Waals surface area contributed by atoms with E-state index in [2.05, 4.69) is 15.5 Å². The molecule has 3 aromatic rings. The number of nitrogens with zero attached hydrogens (tertiary/aromatic N) is 2. The van der Waals surface area contributed by atoms with Gasteiger partial charge in [-0.25, -0.2) is 13.2 Å². The number of anilines is 1. The van der Waals surface area contributed by atoms with Gasteiger partial charge in [0.05, 0.1) is 34.9 Å². The highest BCUT2D eigenvalue weighted by atomic mass is 19.3. The predicted molar refractivity (Wildman–Crippen MR) is 116 cm³/mol. The molecule has 5 nitrogen and oxygen atoms in total. The van der Waals surface area contributed by atoms with E-state index in [4.69, 9.17) is 0 Å². The van der Waals surface area contributed by atoms with Gasteiger partial charge in [0.15, 0.2) is 0 Å². The van der Waals surface area contributed by atoms with Crippen LogP contribution in [0.25, 0.3) is 16.5 Å². The molecule has 1 heterocycles. The fourth-order valence-corrected chi connectivity index (χ4v) is 4.08. The lowest BCUT2D eigenvalue weighted by Gasteiger charge is -2.20. The highest BCUT2D eigenvalue weighted by molar-refractivity contribution is 5.93. The fourth-order valence-electron chi connectivity index (χ4n) is 4.08. The minimum atomic E-state index is -2.89. The van der Waals surface area contributed by atoms with Gasteiger partial charge in [-0.1, -0.05) is 30.3 Å². The molecule has 0 bridgehead atoms. The summed E-state index contributed by atoms with van der Waals surface area (Å²) in [5.41, 5.74) is 2.77. The standard InChI is InChI=1S/C24H22F3N3O2/c1-13(17-3-2-4-18(22(17)25)23(26)27)29-21-12-28-30-20-10-9-16(11-19(20)21)14-5-7-15(8-6-14)24(31)32/h2-5,9-13,15,23H,6-8H2,1H3,(H,29,30)(H,31,32)/t13-,15?/m1/s1. The van der Waals surface area contributed by atoms with Crippen molar-refractivity contribution in [2.45, 2.75) is 38.7 Å². The molecule has 1 unspecified atom stereocenters. The van der Waals surface area contributed by atoms with Crippen LogP contribution in [0, 0.1) is 11.7 Å². The molecule has 0 saturated heterocycles. The lowest BCUT2D eigenvalue weighted by molar-refractivity contribution is -0.141. The van der Waals surface area contributed by atoms with Crippen molar-refractivity contribution < 1.29 is 23.1 Å². The number of aliphatic carboxylic acids is 1. The molecule has 0 saturated carbocycles. The number of allylic oxidation sites excluding steroid dienone is 2. The number of carboxylic acids is 1. The number of alkyl halides is 2. The van der Waals surface area contributed by atoms with Crippen LogP contribution in [0.5, 0.6) is 0 Å². The fraction of sp³-hybridized carbons (Fsp3) is 0.292. The summed E-state index contributed by atoms with van der Waals surface area (Å²) >= 11 is 0. The Kier molecular flexibility index (Phi) is 6.12. The summed E-state index contributed by atoms with van der Waals surface area (Å²) in [7, 11) is 0. The SMILES string of the molecule is C[C@@H](Nc1cnnc2ccc(C3=CCC(C(=O)O)CC3)cc12)c1cccc(C(F)F)c1F. The van der Waals surface area contributed by atoms with Crippen molar-refractivity contribution in [3.8, 4) is 0 Å². The summed E-state index contributed by atoms with van der Waals surface area (Å²) in [6.07, 6.45) is 2.31. The largest absolute Gasteiger partial charge is 0.481 e. The molecule has 2 aromatic carbocycles. The number of carboxylic acid groups (broad SMARTS) is 1. The topological polar surface area (TPSA) is 75.1 Å². The molecule has 0 amide bonds. The summed E-state index contributed by atoms with van der Waals surface area (Å²) in [4.78, 5) is 11.2. The monoisotopic (exact) mass is 441 g/mol. The van der Waals surface area contributed by atoms with Crippen LogP contribution in [0.2, 0.25) is 0 Å². The molecule has 2 N–H and O–H groups in total. The Morgan fingerprint density at radius 3 is 2.69 bits per heavy atom. The number of rotatable bonds is 6. The highest BCUT2D eigenvalue weighted by Crippen LogP contribution is 2.34. The van der Waals surface area contributed by atoms with Crippen LogP contribution in [0.1, 0.15) is 55.3 Å². The van der Waals surface area contributed by atoms with Crippen LogP contribution in [0.4, 0.5) is 18.9 Å². The third kappa shape index (κ3) is 4.30. The molecule has 1 aliphatic rings. The maximum absolute atomic E-state index is 14.6. The van der Waals surface area contributed by atoms with Gasteiger partial charge in [-0.15, -0.1) is 0 Å². The van der Waals surface area contributed by atoms with Gasteiger partial charge in [-0.3, -0.25) is 4.79 Å². The molecule has 0 aliphatic heterocycles. The van der Waals surface area contributed by atoms with Crippen molar-refractivity contribution in [2.24, 2.45) is 5.92 Å². The number of fused-ring (bicyclic) bond motifs is 1. The molecular formula is C24H22F3N3O2. The highest BCUT2D eigenvalue weighted by Gasteiger charge is 2.22. The number of hydrogen-bond donors (Lipinski definition) is 2. The zero-order valence-electron chi connectivity index (χ0n) is 17.4. The number of benzene rings is 2. The lowest BCUT2D eigenvalue weighted by Crippen LogP contribution is -2.15. The van der Waals surface area contributed by atoms with E-state index in [-0.39, 0.29) is 11.5 Å². The quantitative estimate of drug-likeness (QED) is 0.480. The number of halogens is 3. The Hall–Kier alpha value is -3.42. The van der Waals surface area contributed by atoms with Gasteiger partial charge < -0.3 is 10.4 Å². The second-order valence-corrected chi connectivity index (χ2v) is 7.95.